The van der Waals surface area contributed by atoms with Gasteiger partial charge < -0.3 is 0 Å². The number of nitrogens with one attached hydrogen (secondary N) is 1. The van der Waals surface area contributed by atoms with E-state index in [1.165, 1.54) is 12.3 Å². The van der Waals surface area contributed by atoms with Gasteiger partial charge in [-0.2, -0.15) is 5.10 Å². The van der Waals surface area contributed by atoms with Crippen LogP contribution in [0.15, 0.2) is 40.1 Å². The van der Waals surface area contributed by atoms with Gasteiger partial charge in [0.05, 0.1) is 0 Å². The molecule has 0 unspecified atom stereocenters. The van der Waals surface area contributed by atoms with E-state index < -0.39 is 10.0 Å². The SMILES string of the molecule is CC(C)n1ccc(NS(=O)(=O)c2ccc(Br)nc2)n1. The molecule has 2 aromatic heterocycles. The summed E-state index contributed by atoms with van der Waals surface area (Å²) in [6.07, 6.45) is 3.01. The van der Waals surface area contributed by atoms with Crippen LogP contribution >= 0.6 is 15.9 Å². The molecule has 0 aromatic carbocycles. The zero-order chi connectivity index (χ0) is 14.0. The monoisotopic (exact) mass is 344 g/mol. The first kappa shape index (κ1) is 14.0. The van der Waals surface area contributed by atoms with E-state index in [2.05, 4.69) is 30.7 Å². The number of halogens is 1. The van der Waals surface area contributed by atoms with Crippen molar-refractivity contribution < 1.29 is 8.42 Å². The summed E-state index contributed by atoms with van der Waals surface area (Å²) in [7, 11) is -3.65. The van der Waals surface area contributed by atoms with Crippen LogP contribution in [0, 0.1) is 0 Å². The number of hydrogen-bond acceptors (Lipinski definition) is 4. The molecule has 0 bridgehead atoms. The van der Waals surface area contributed by atoms with Crippen molar-refractivity contribution in [3.05, 3.63) is 35.2 Å². The fourth-order valence-electron chi connectivity index (χ4n) is 1.40. The van der Waals surface area contributed by atoms with Gasteiger partial charge in [-0.3, -0.25) is 9.40 Å². The molecule has 0 aliphatic rings. The molecule has 102 valence electrons. The van der Waals surface area contributed by atoms with E-state index in [-0.39, 0.29) is 16.8 Å². The number of nitrogens with zero attached hydrogens (tertiary/aromatic N) is 3. The average Bonchev–Trinajstić information content (AvgIpc) is 2.77. The molecule has 0 fully saturated rings. The highest BCUT2D eigenvalue weighted by Gasteiger charge is 2.16. The summed E-state index contributed by atoms with van der Waals surface area (Å²) in [6, 6.07) is 4.83. The number of hydrogen-bond donors (Lipinski definition) is 1. The fraction of sp³-hybridized carbons (Fsp3) is 0.273. The van der Waals surface area contributed by atoms with Crippen LogP contribution in [0.25, 0.3) is 0 Å². The summed E-state index contributed by atoms with van der Waals surface area (Å²) in [6.45, 7) is 3.92. The van der Waals surface area contributed by atoms with Crippen LogP contribution in [0.2, 0.25) is 0 Å². The molecule has 2 aromatic rings. The quantitative estimate of drug-likeness (QED) is 0.864. The van der Waals surface area contributed by atoms with Gasteiger partial charge in [-0.05, 0) is 41.9 Å². The van der Waals surface area contributed by atoms with Gasteiger partial charge in [-0.25, -0.2) is 13.4 Å². The predicted molar refractivity (Wildman–Crippen MR) is 75.4 cm³/mol. The van der Waals surface area contributed by atoms with Crippen LogP contribution in [0.1, 0.15) is 19.9 Å². The third-order valence-corrected chi connectivity index (χ3v) is 4.20. The number of sulfonamides is 1. The van der Waals surface area contributed by atoms with E-state index in [1.807, 2.05) is 13.8 Å². The van der Waals surface area contributed by atoms with Gasteiger partial charge in [-0.15, -0.1) is 0 Å². The number of anilines is 1. The highest BCUT2D eigenvalue weighted by Crippen LogP contribution is 2.16. The molecule has 6 nitrogen and oxygen atoms in total. The van der Waals surface area contributed by atoms with Crippen LogP contribution in [0.5, 0.6) is 0 Å². The Morgan fingerprint density at radius 1 is 1.32 bits per heavy atom. The van der Waals surface area contributed by atoms with Crippen molar-refractivity contribution in [2.75, 3.05) is 4.72 Å². The van der Waals surface area contributed by atoms with Crippen LogP contribution in [0.4, 0.5) is 5.82 Å². The topological polar surface area (TPSA) is 76.9 Å². The molecule has 2 heterocycles. The van der Waals surface area contributed by atoms with Crippen molar-refractivity contribution in [2.45, 2.75) is 24.8 Å². The van der Waals surface area contributed by atoms with Crippen molar-refractivity contribution in [1.82, 2.24) is 14.8 Å². The number of aromatic nitrogens is 3. The second-order valence-corrected chi connectivity index (χ2v) is 6.69. The third kappa shape index (κ3) is 3.32. The summed E-state index contributed by atoms with van der Waals surface area (Å²) in [5.41, 5.74) is 0. The minimum Gasteiger partial charge on any atom is -0.268 e. The normalized spacial score (nSPS) is 11.8. The van der Waals surface area contributed by atoms with Crippen molar-refractivity contribution in [2.24, 2.45) is 0 Å². The minimum atomic E-state index is -3.65. The predicted octanol–water partition coefficient (Wildman–Crippen LogP) is 2.42. The first-order valence-corrected chi connectivity index (χ1v) is 7.85. The summed E-state index contributed by atoms with van der Waals surface area (Å²) in [5, 5.41) is 4.13. The summed E-state index contributed by atoms with van der Waals surface area (Å²) in [4.78, 5) is 3.98. The molecule has 0 atom stereocenters. The molecule has 0 amide bonds. The number of pyridine rings is 1. The highest BCUT2D eigenvalue weighted by atomic mass is 79.9. The lowest BCUT2D eigenvalue weighted by molar-refractivity contribution is 0.534. The van der Waals surface area contributed by atoms with Gasteiger partial charge in [0, 0.05) is 24.5 Å². The van der Waals surface area contributed by atoms with E-state index in [4.69, 9.17) is 0 Å². The van der Waals surface area contributed by atoms with Gasteiger partial charge >= 0.3 is 0 Å². The molecule has 0 aliphatic carbocycles. The molecule has 8 heteroatoms. The molecular formula is C11H13BrN4O2S. The molecule has 0 spiro atoms. The fourth-order valence-corrected chi connectivity index (χ4v) is 2.57. The average molecular weight is 345 g/mol. The molecule has 19 heavy (non-hydrogen) atoms. The zero-order valence-electron chi connectivity index (χ0n) is 10.4. The minimum absolute atomic E-state index is 0.0924. The molecule has 2 rings (SSSR count). The molecule has 0 saturated heterocycles. The Morgan fingerprint density at radius 3 is 2.58 bits per heavy atom. The summed E-state index contributed by atoms with van der Waals surface area (Å²) in [5.74, 6) is 0.289. The van der Waals surface area contributed by atoms with Crippen LogP contribution in [-0.2, 0) is 10.0 Å². The molecule has 1 N–H and O–H groups in total. The Kier molecular flexibility index (Phi) is 3.91. The Balaban J connectivity index is 2.23. The summed E-state index contributed by atoms with van der Waals surface area (Å²) >= 11 is 3.16. The van der Waals surface area contributed by atoms with Crippen LogP contribution in [-0.4, -0.2) is 23.2 Å². The van der Waals surface area contributed by atoms with E-state index in [0.717, 1.165) is 0 Å². The standard InChI is InChI=1S/C11H13BrN4O2S/c1-8(2)16-6-5-11(14-16)15-19(17,18)9-3-4-10(12)13-7-9/h3-8H,1-2H3,(H,14,15). The van der Waals surface area contributed by atoms with Crippen molar-refractivity contribution >= 4 is 31.8 Å². The largest absolute Gasteiger partial charge is 0.268 e. The molecule has 0 radical (unpaired) electrons. The van der Waals surface area contributed by atoms with Gasteiger partial charge in [0.2, 0.25) is 0 Å². The lowest BCUT2D eigenvalue weighted by Crippen LogP contribution is -2.14. The maximum atomic E-state index is 12.1. The van der Waals surface area contributed by atoms with Crippen LogP contribution in [0.3, 0.4) is 0 Å². The van der Waals surface area contributed by atoms with Crippen molar-refractivity contribution in [1.29, 1.82) is 0 Å². The maximum Gasteiger partial charge on any atom is 0.264 e. The number of rotatable bonds is 4. The Hall–Kier alpha value is -1.41. The molecular weight excluding hydrogens is 332 g/mol. The smallest absolute Gasteiger partial charge is 0.264 e. The van der Waals surface area contributed by atoms with E-state index in [9.17, 15) is 8.42 Å². The second kappa shape index (κ2) is 5.30. The van der Waals surface area contributed by atoms with E-state index in [1.54, 1.807) is 23.0 Å². The second-order valence-electron chi connectivity index (χ2n) is 4.20. The summed E-state index contributed by atoms with van der Waals surface area (Å²) < 4.78 is 28.8. The van der Waals surface area contributed by atoms with Crippen molar-refractivity contribution in [3.63, 3.8) is 0 Å². The molecule has 0 saturated carbocycles. The lowest BCUT2D eigenvalue weighted by atomic mass is 10.4. The van der Waals surface area contributed by atoms with Gasteiger partial charge in [-0.1, -0.05) is 0 Å². The highest BCUT2D eigenvalue weighted by molar-refractivity contribution is 9.10. The van der Waals surface area contributed by atoms with Gasteiger partial charge in [0.25, 0.3) is 10.0 Å². The Morgan fingerprint density at radius 2 is 2.05 bits per heavy atom. The zero-order valence-corrected chi connectivity index (χ0v) is 12.8. The van der Waals surface area contributed by atoms with Crippen LogP contribution < -0.4 is 4.72 Å². The van der Waals surface area contributed by atoms with E-state index in [0.29, 0.717) is 4.60 Å². The van der Waals surface area contributed by atoms with E-state index >= 15 is 0 Å². The Labute approximate surface area is 120 Å². The Bertz CT molecular complexity index is 664. The lowest BCUT2D eigenvalue weighted by Gasteiger charge is -2.06. The third-order valence-electron chi connectivity index (χ3n) is 2.39. The first-order valence-electron chi connectivity index (χ1n) is 5.58. The van der Waals surface area contributed by atoms with Crippen molar-refractivity contribution in [3.8, 4) is 0 Å². The van der Waals surface area contributed by atoms with Gasteiger partial charge in [0.1, 0.15) is 9.50 Å². The maximum absolute atomic E-state index is 12.1. The first-order chi connectivity index (χ1) is 8.88. The molecule has 0 aliphatic heterocycles. The van der Waals surface area contributed by atoms with Gasteiger partial charge in [0.15, 0.2) is 5.82 Å².